The molecule has 31 heavy (non-hydrogen) atoms. The van der Waals surface area contributed by atoms with Crippen LogP contribution in [0.25, 0.3) is 10.3 Å². The molecule has 9 heteroatoms. The van der Waals surface area contributed by atoms with Crippen molar-refractivity contribution in [1.29, 1.82) is 0 Å². The molecule has 0 bridgehead atoms. The maximum atomic E-state index is 13.2. The quantitative estimate of drug-likeness (QED) is 0.391. The number of amides is 1. The number of benzene rings is 1. The van der Waals surface area contributed by atoms with Gasteiger partial charge in [0, 0.05) is 24.8 Å². The van der Waals surface area contributed by atoms with Crippen LogP contribution >= 0.6 is 23.1 Å². The van der Waals surface area contributed by atoms with Crippen molar-refractivity contribution in [3.05, 3.63) is 39.7 Å². The Morgan fingerprint density at radius 1 is 1.23 bits per heavy atom. The van der Waals surface area contributed by atoms with Gasteiger partial charge in [0.1, 0.15) is 4.70 Å². The number of nitrogens with one attached hydrogen (secondary N) is 1. The molecule has 1 amide bonds. The Hall–Kier alpha value is -2.39. The van der Waals surface area contributed by atoms with E-state index in [1.807, 2.05) is 45.9 Å². The smallest absolute Gasteiger partial charge is 0.274 e. The first kappa shape index (κ1) is 23.3. The van der Waals surface area contributed by atoms with Gasteiger partial charge < -0.3 is 10.2 Å². The van der Waals surface area contributed by atoms with Gasteiger partial charge in [-0.25, -0.2) is 4.98 Å². The van der Waals surface area contributed by atoms with E-state index in [4.69, 9.17) is 0 Å². The van der Waals surface area contributed by atoms with Crippen molar-refractivity contribution in [3.8, 4) is 0 Å². The molecule has 166 valence electrons. The van der Waals surface area contributed by atoms with Crippen molar-refractivity contribution in [1.82, 2.24) is 14.5 Å². The molecule has 0 unspecified atom stereocenters. The highest BCUT2D eigenvalue weighted by Crippen LogP contribution is 2.28. The number of anilines is 2. The zero-order valence-corrected chi connectivity index (χ0v) is 20.5. The number of fused-ring (bicyclic) bond motifs is 1. The summed E-state index contributed by atoms with van der Waals surface area (Å²) in [5.41, 5.74) is 3.31. The second-order valence-corrected chi connectivity index (χ2v) is 9.56. The molecule has 2 heterocycles. The van der Waals surface area contributed by atoms with Gasteiger partial charge in [-0.15, -0.1) is 0 Å². The second kappa shape index (κ2) is 9.82. The van der Waals surface area contributed by atoms with Gasteiger partial charge in [0.2, 0.25) is 5.91 Å². The Morgan fingerprint density at radius 2 is 1.94 bits per heavy atom. The Bertz CT molecular complexity index is 1150. The number of aromatic nitrogens is 3. The molecule has 0 aliphatic carbocycles. The fourth-order valence-corrected chi connectivity index (χ4v) is 5.30. The summed E-state index contributed by atoms with van der Waals surface area (Å²) in [5, 5.41) is 4.26. The molecule has 0 saturated heterocycles. The van der Waals surface area contributed by atoms with Gasteiger partial charge in [-0.1, -0.05) is 40.8 Å². The van der Waals surface area contributed by atoms with E-state index in [9.17, 15) is 9.59 Å². The summed E-state index contributed by atoms with van der Waals surface area (Å²) in [6.45, 7) is 13.6. The first-order valence-electron chi connectivity index (χ1n) is 10.4. The van der Waals surface area contributed by atoms with Crippen LogP contribution in [0.15, 0.2) is 28.2 Å². The van der Waals surface area contributed by atoms with Crippen LogP contribution < -0.4 is 15.8 Å². The van der Waals surface area contributed by atoms with Crippen molar-refractivity contribution < 1.29 is 4.79 Å². The van der Waals surface area contributed by atoms with E-state index in [1.54, 1.807) is 4.57 Å². The van der Waals surface area contributed by atoms with Gasteiger partial charge in [-0.3, -0.25) is 14.2 Å². The minimum Gasteiger partial charge on any atom is -0.349 e. The number of aryl methyl sites for hydroxylation is 2. The molecule has 7 nitrogen and oxygen atoms in total. The van der Waals surface area contributed by atoms with Gasteiger partial charge in [-0.2, -0.15) is 4.98 Å². The van der Waals surface area contributed by atoms with E-state index in [1.165, 1.54) is 23.1 Å². The summed E-state index contributed by atoms with van der Waals surface area (Å²) in [7, 11) is 0. The number of thiazole rings is 1. The molecular weight excluding hydrogens is 430 g/mol. The van der Waals surface area contributed by atoms with E-state index in [-0.39, 0.29) is 23.3 Å². The average molecular weight is 460 g/mol. The maximum absolute atomic E-state index is 13.2. The lowest BCUT2D eigenvalue weighted by molar-refractivity contribution is -0.113. The van der Waals surface area contributed by atoms with Crippen LogP contribution in [0.3, 0.4) is 0 Å². The molecule has 0 spiro atoms. The van der Waals surface area contributed by atoms with Crippen LogP contribution in [0.5, 0.6) is 0 Å². The zero-order valence-electron chi connectivity index (χ0n) is 18.9. The topological polar surface area (TPSA) is 80.1 Å². The number of rotatable bonds is 8. The maximum Gasteiger partial charge on any atom is 0.274 e. The Labute approximate surface area is 190 Å². The van der Waals surface area contributed by atoms with E-state index < -0.39 is 0 Å². The normalized spacial score (nSPS) is 11.3. The molecule has 1 N–H and O–H groups in total. The summed E-state index contributed by atoms with van der Waals surface area (Å²) in [6.07, 6.45) is 0. The third-order valence-electron chi connectivity index (χ3n) is 4.96. The lowest BCUT2D eigenvalue weighted by Gasteiger charge is -2.15. The van der Waals surface area contributed by atoms with E-state index >= 15 is 0 Å². The fraction of sp³-hybridized carbons (Fsp3) is 0.455. The van der Waals surface area contributed by atoms with Crippen LogP contribution in [-0.2, 0) is 4.79 Å². The monoisotopic (exact) mass is 459 g/mol. The second-order valence-electron chi connectivity index (χ2n) is 7.64. The molecular formula is C22H29N5O2S2. The largest absolute Gasteiger partial charge is 0.349 e. The zero-order chi connectivity index (χ0) is 22.7. The number of carbonyl (C=O) groups is 1. The van der Waals surface area contributed by atoms with Crippen molar-refractivity contribution in [2.24, 2.45) is 0 Å². The van der Waals surface area contributed by atoms with Crippen LogP contribution in [0.4, 0.5) is 10.8 Å². The van der Waals surface area contributed by atoms with Crippen molar-refractivity contribution in [2.75, 3.05) is 29.1 Å². The van der Waals surface area contributed by atoms with Crippen molar-refractivity contribution >= 4 is 50.2 Å². The van der Waals surface area contributed by atoms with Gasteiger partial charge >= 0.3 is 0 Å². The Balaban J connectivity index is 1.87. The van der Waals surface area contributed by atoms with Crippen LogP contribution in [-0.4, -0.2) is 39.3 Å². The minimum atomic E-state index is -0.135. The number of hydrogen-bond donors (Lipinski definition) is 1. The van der Waals surface area contributed by atoms with E-state index in [0.29, 0.717) is 15.5 Å². The third-order valence-corrected chi connectivity index (χ3v) is 7.00. The van der Waals surface area contributed by atoms with Crippen LogP contribution in [0.1, 0.15) is 44.9 Å². The first-order valence-corrected chi connectivity index (χ1v) is 12.2. The predicted octanol–water partition coefficient (Wildman–Crippen LogP) is 4.63. The fourth-order valence-electron chi connectivity index (χ4n) is 3.31. The molecule has 0 radical (unpaired) electrons. The molecule has 3 aromatic rings. The first-order chi connectivity index (χ1) is 14.7. The summed E-state index contributed by atoms with van der Waals surface area (Å²) in [4.78, 5) is 37.1. The lowest BCUT2D eigenvalue weighted by Crippen LogP contribution is -2.25. The van der Waals surface area contributed by atoms with Crippen LogP contribution in [0.2, 0.25) is 0 Å². The van der Waals surface area contributed by atoms with Gasteiger partial charge in [-0.05, 0) is 53.2 Å². The molecule has 0 saturated carbocycles. The number of carbonyl (C=O) groups excluding carboxylic acids is 1. The molecule has 0 aliphatic heterocycles. The van der Waals surface area contributed by atoms with Crippen LogP contribution in [0, 0.1) is 13.8 Å². The third kappa shape index (κ3) is 5.10. The van der Waals surface area contributed by atoms with E-state index in [0.717, 1.165) is 35.0 Å². The summed E-state index contributed by atoms with van der Waals surface area (Å²) in [6, 6.07) is 5.83. The van der Waals surface area contributed by atoms with Gasteiger partial charge in [0.25, 0.3) is 5.56 Å². The minimum absolute atomic E-state index is 0.0756. The highest BCUT2D eigenvalue weighted by molar-refractivity contribution is 7.99. The molecule has 3 rings (SSSR count). The molecule has 2 aromatic heterocycles. The Morgan fingerprint density at radius 3 is 2.55 bits per heavy atom. The molecule has 1 aromatic carbocycles. The average Bonchev–Trinajstić information content (AvgIpc) is 3.13. The van der Waals surface area contributed by atoms with E-state index in [2.05, 4.69) is 34.0 Å². The standard InChI is InChI=1S/C22H29N5O2S2/c1-7-26(8-2)21-24-19-18(31-21)20(29)27(13(3)4)22(25-19)30-12-17(28)23-16-10-9-14(5)11-15(16)6/h9-11,13H,7-8,12H2,1-6H3,(H,23,28). The van der Waals surface area contributed by atoms with Crippen molar-refractivity contribution in [2.45, 2.75) is 52.7 Å². The highest BCUT2D eigenvalue weighted by atomic mass is 32.2. The molecule has 0 atom stereocenters. The van der Waals surface area contributed by atoms with Gasteiger partial charge in [0.15, 0.2) is 15.9 Å². The predicted molar refractivity (Wildman–Crippen MR) is 131 cm³/mol. The summed E-state index contributed by atoms with van der Waals surface area (Å²) in [5.74, 6) is 0.0223. The highest BCUT2D eigenvalue weighted by Gasteiger charge is 2.20. The molecule has 0 fully saturated rings. The number of nitrogens with zero attached hydrogens (tertiary/aromatic N) is 4. The number of thioether (sulfide) groups is 1. The number of hydrogen-bond acceptors (Lipinski definition) is 7. The van der Waals surface area contributed by atoms with Crippen molar-refractivity contribution in [3.63, 3.8) is 0 Å². The lowest BCUT2D eigenvalue weighted by atomic mass is 10.1. The van der Waals surface area contributed by atoms with Gasteiger partial charge in [0.05, 0.1) is 5.75 Å². The molecule has 0 aliphatic rings. The SMILES string of the molecule is CCN(CC)c1nc2nc(SCC(=O)Nc3ccc(C)cc3C)n(C(C)C)c(=O)c2s1. The summed E-state index contributed by atoms with van der Waals surface area (Å²) >= 11 is 2.64. The summed E-state index contributed by atoms with van der Waals surface area (Å²) < 4.78 is 2.21. The Kier molecular flexibility index (Phi) is 7.38.